The summed E-state index contributed by atoms with van der Waals surface area (Å²) in [5.41, 5.74) is 2.07. The first-order chi connectivity index (χ1) is 16.3. The number of nitrogens with zero attached hydrogens (tertiary/aromatic N) is 2. The van der Waals surface area contributed by atoms with E-state index in [1.165, 1.54) is 6.07 Å². The molecular formula is C24H21Cl2N3O4S. The molecule has 0 saturated carbocycles. The van der Waals surface area contributed by atoms with E-state index in [1.54, 1.807) is 17.0 Å². The molecule has 2 saturated heterocycles. The van der Waals surface area contributed by atoms with Crippen LogP contribution in [-0.2, 0) is 16.1 Å². The average Bonchev–Trinajstić information content (AvgIpc) is 3.13. The molecule has 0 aliphatic carbocycles. The van der Waals surface area contributed by atoms with Gasteiger partial charge in [-0.2, -0.15) is 0 Å². The summed E-state index contributed by atoms with van der Waals surface area (Å²) >= 11 is 13.0. The Balaban J connectivity index is 1.36. The van der Waals surface area contributed by atoms with E-state index in [0.29, 0.717) is 53.0 Å². The van der Waals surface area contributed by atoms with Gasteiger partial charge in [0.15, 0.2) is 0 Å². The minimum Gasteiger partial charge on any atom is -0.350 e. The quantitative estimate of drug-likeness (QED) is 0.590. The van der Waals surface area contributed by atoms with E-state index in [9.17, 15) is 19.2 Å². The van der Waals surface area contributed by atoms with Gasteiger partial charge in [0.2, 0.25) is 5.91 Å². The van der Waals surface area contributed by atoms with E-state index >= 15 is 0 Å². The number of rotatable bonds is 5. The summed E-state index contributed by atoms with van der Waals surface area (Å²) < 4.78 is 0. The minimum atomic E-state index is -0.466. The summed E-state index contributed by atoms with van der Waals surface area (Å²) in [6.45, 7) is 0.768. The number of likely N-dealkylation sites (tertiary alicyclic amines) is 1. The molecule has 0 unspecified atom stereocenters. The van der Waals surface area contributed by atoms with Crippen molar-refractivity contribution in [3.63, 3.8) is 0 Å². The van der Waals surface area contributed by atoms with Crippen molar-refractivity contribution >= 4 is 57.9 Å². The second-order valence-corrected chi connectivity index (χ2v) is 9.68. The second-order valence-electron chi connectivity index (χ2n) is 7.87. The monoisotopic (exact) mass is 517 g/mol. The van der Waals surface area contributed by atoms with Crippen LogP contribution in [-0.4, -0.2) is 52.4 Å². The molecule has 34 heavy (non-hydrogen) atoms. The van der Waals surface area contributed by atoms with Crippen LogP contribution in [0.3, 0.4) is 0 Å². The average molecular weight is 518 g/mol. The van der Waals surface area contributed by atoms with Gasteiger partial charge in [0.25, 0.3) is 17.1 Å². The second kappa shape index (κ2) is 10.6. The highest BCUT2D eigenvalue weighted by atomic mass is 35.5. The number of carbonyl (C=O) groups excluding carboxylic acids is 4. The van der Waals surface area contributed by atoms with Crippen LogP contribution in [0.25, 0.3) is 0 Å². The summed E-state index contributed by atoms with van der Waals surface area (Å²) in [4.78, 5) is 53.4. The van der Waals surface area contributed by atoms with E-state index in [4.69, 9.17) is 23.2 Å². The van der Waals surface area contributed by atoms with Crippen molar-refractivity contribution in [2.45, 2.75) is 19.4 Å². The van der Waals surface area contributed by atoms with Gasteiger partial charge in [0.1, 0.15) is 6.54 Å². The van der Waals surface area contributed by atoms with Crippen LogP contribution in [0.15, 0.2) is 59.0 Å². The van der Waals surface area contributed by atoms with Crippen molar-refractivity contribution in [3.05, 3.63) is 80.2 Å². The molecule has 2 fully saturated rings. The zero-order valence-electron chi connectivity index (χ0n) is 18.1. The number of hydrogen-bond donors (Lipinski definition) is 1. The van der Waals surface area contributed by atoms with Gasteiger partial charge >= 0.3 is 0 Å². The van der Waals surface area contributed by atoms with Gasteiger partial charge in [-0.15, -0.1) is 0 Å². The maximum Gasteiger partial charge on any atom is 0.294 e. The Labute approximate surface area is 211 Å². The highest BCUT2D eigenvalue weighted by Gasteiger charge is 2.39. The van der Waals surface area contributed by atoms with Crippen molar-refractivity contribution < 1.29 is 19.2 Å². The third-order valence-electron chi connectivity index (χ3n) is 5.62. The van der Waals surface area contributed by atoms with Crippen LogP contribution in [0, 0.1) is 0 Å². The van der Waals surface area contributed by atoms with E-state index in [-0.39, 0.29) is 12.5 Å². The molecule has 4 rings (SSSR count). The fourth-order valence-corrected chi connectivity index (χ4v) is 5.13. The Morgan fingerprint density at radius 2 is 1.71 bits per heavy atom. The summed E-state index contributed by atoms with van der Waals surface area (Å²) in [5, 5.41) is 3.01. The van der Waals surface area contributed by atoms with Gasteiger partial charge in [-0.3, -0.25) is 24.1 Å². The van der Waals surface area contributed by atoms with Gasteiger partial charge in [-0.05, 0) is 53.9 Å². The van der Waals surface area contributed by atoms with Gasteiger partial charge < -0.3 is 10.2 Å². The standard InChI is InChI=1S/C24H21Cl2N3O4S/c25-17-6-7-19(26)18(12-17)22(31)28-10-8-16(9-11-28)21-23(32)29(24(33)34-21)14-20(30)27-13-15-4-2-1-3-5-15/h1-7,12H,8-11,13-14H2,(H,27,30). The zero-order valence-corrected chi connectivity index (χ0v) is 20.4. The molecule has 2 aromatic rings. The lowest BCUT2D eigenvalue weighted by molar-refractivity contribution is -0.129. The fourth-order valence-electron chi connectivity index (χ4n) is 3.79. The van der Waals surface area contributed by atoms with Gasteiger partial charge in [0, 0.05) is 24.7 Å². The summed E-state index contributed by atoms with van der Waals surface area (Å²) in [6.07, 6.45) is 0.915. The third-order valence-corrected chi connectivity index (χ3v) is 7.24. The van der Waals surface area contributed by atoms with Crippen molar-refractivity contribution in [2.24, 2.45) is 0 Å². The Kier molecular flexibility index (Phi) is 7.60. The first kappa shape index (κ1) is 24.3. The fraction of sp³-hybridized carbons (Fsp3) is 0.250. The first-order valence-electron chi connectivity index (χ1n) is 10.6. The summed E-state index contributed by atoms with van der Waals surface area (Å²) in [7, 11) is 0. The maximum absolute atomic E-state index is 12.9. The number of nitrogens with one attached hydrogen (secondary N) is 1. The first-order valence-corrected chi connectivity index (χ1v) is 12.2. The normalized spacial score (nSPS) is 16.3. The molecular weight excluding hydrogens is 497 g/mol. The van der Waals surface area contributed by atoms with Crippen LogP contribution in [0.5, 0.6) is 0 Å². The number of benzene rings is 2. The SMILES string of the molecule is O=C(CN1C(=O)SC(=C2CCN(C(=O)c3cc(Cl)ccc3Cl)CC2)C1=O)NCc1ccccc1. The van der Waals surface area contributed by atoms with Gasteiger partial charge in [0.05, 0.1) is 15.5 Å². The summed E-state index contributed by atoms with van der Waals surface area (Å²) in [5.74, 6) is -1.09. The molecule has 0 spiro atoms. The lowest BCUT2D eigenvalue weighted by Gasteiger charge is -2.29. The number of halogens is 2. The molecule has 4 amide bonds. The van der Waals surface area contributed by atoms with Crippen LogP contribution in [0.1, 0.15) is 28.8 Å². The number of piperidine rings is 1. The molecule has 10 heteroatoms. The van der Waals surface area contributed by atoms with Crippen molar-refractivity contribution in [2.75, 3.05) is 19.6 Å². The van der Waals surface area contributed by atoms with E-state index in [1.807, 2.05) is 30.3 Å². The molecule has 0 aromatic heterocycles. The zero-order chi connectivity index (χ0) is 24.2. The Morgan fingerprint density at radius 3 is 2.41 bits per heavy atom. The predicted octanol–water partition coefficient (Wildman–Crippen LogP) is 4.50. The molecule has 2 aliphatic heterocycles. The molecule has 2 aromatic carbocycles. The molecule has 176 valence electrons. The van der Waals surface area contributed by atoms with Crippen molar-refractivity contribution in [1.29, 1.82) is 0 Å². The molecule has 2 heterocycles. The molecule has 0 bridgehead atoms. The highest BCUT2D eigenvalue weighted by Crippen LogP contribution is 2.36. The summed E-state index contributed by atoms with van der Waals surface area (Å²) in [6, 6.07) is 14.1. The van der Waals surface area contributed by atoms with Gasteiger partial charge in [-0.25, -0.2) is 0 Å². The van der Waals surface area contributed by atoms with Crippen LogP contribution in [0.4, 0.5) is 4.79 Å². The van der Waals surface area contributed by atoms with Crippen LogP contribution < -0.4 is 5.32 Å². The molecule has 1 N–H and O–H groups in total. The number of thioether (sulfide) groups is 1. The number of imide groups is 1. The van der Waals surface area contributed by atoms with Crippen LogP contribution >= 0.6 is 35.0 Å². The lowest BCUT2D eigenvalue weighted by atomic mass is 10.0. The van der Waals surface area contributed by atoms with Crippen molar-refractivity contribution in [3.8, 4) is 0 Å². The Bertz CT molecular complexity index is 1180. The lowest BCUT2D eigenvalue weighted by Crippen LogP contribution is -2.39. The molecule has 0 atom stereocenters. The number of hydrogen-bond acceptors (Lipinski definition) is 5. The number of amides is 4. The Hall–Kier alpha value is -2.81. The molecule has 0 radical (unpaired) electrons. The van der Waals surface area contributed by atoms with E-state index in [0.717, 1.165) is 27.8 Å². The van der Waals surface area contributed by atoms with E-state index in [2.05, 4.69) is 5.32 Å². The molecule has 2 aliphatic rings. The van der Waals surface area contributed by atoms with E-state index < -0.39 is 17.1 Å². The third kappa shape index (κ3) is 5.46. The van der Waals surface area contributed by atoms with Gasteiger partial charge in [-0.1, -0.05) is 53.5 Å². The Morgan fingerprint density at radius 1 is 1.00 bits per heavy atom. The largest absolute Gasteiger partial charge is 0.350 e. The topological polar surface area (TPSA) is 86.8 Å². The smallest absolute Gasteiger partial charge is 0.294 e. The predicted molar refractivity (Wildman–Crippen MR) is 132 cm³/mol. The van der Waals surface area contributed by atoms with Crippen molar-refractivity contribution in [1.82, 2.24) is 15.1 Å². The maximum atomic E-state index is 12.9. The molecule has 7 nitrogen and oxygen atoms in total. The van der Waals surface area contributed by atoms with Crippen LogP contribution in [0.2, 0.25) is 10.0 Å². The minimum absolute atomic E-state index is 0.227. The number of carbonyl (C=O) groups is 4. The highest BCUT2D eigenvalue weighted by molar-refractivity contribution is 8.18.